The van der Waals surface area contributed by atoms with Gasteiger partial charge < -0.3 is 5.11 Å². The molecule has 1 rings (SSSR count). The first-order valence-corrected chi connectivity index (χ1v) is 8.48. The highest BCUT2D eigenvalue weighted by Gasteiger charge is 2.49. The summed E-state index contributed by atoms with van der Waals surface area (Å²) in [7, 11) is -1.35. The van der Waals surface area contributed by atoms with Crippen molar-refractivity contribution in [1.29, 1.82) is 0 Å². The molecule has 1 fully saturated rings. The van der Waals surface area contributed by atoms with Crippen LogP contribution in [0.25, 0.3) is 0 Å². The molecule has 0 radical (unpaired) electrons. The molecule has 13 heavy (non-hydrogen) atoms. The summed E-state index contributed by atoms with van der Waals surface area (Å²) in [4.78, 5) is 0. The zero-order chi connectivity index (χ0) is 9.95. The largest absolute Gasteiger partial charge is 0.393 e. The number of aliphatic hydroxyl groups is 1. The summed E-state index contributed by atoms with van der Waals surface area (Å²) in [5, 5.41) is 10.5. The molecule has 1 nitrogen and oxygen atoms in total. The second kappa shape index (κ2) is 4.14. The molecule has 78 valence electrons. The molecule has 0 spiro atoms. The lowest BCUT2D eigenvalue weighted by Crippen LogP contribution is -2.55. The van der Waals surface area contributed by atoms with Crippen LogP contribution in [0.5, 0.6) is 0 Å². The van der Waals surface area contributed by atoms with Crippen LogP contribution in [0.15, 0.2) is 0 Å². The Bertz CT molecular complexity index is 149. The molecule has 0 atom stereocenters. The fourth-order valence-electron chi connectivity index (χ4n) is 3.23. The second-order valence-electron chi connectivity index (χ2n) is 4.58. The SMILES string of the molecule is CC[Si](CC)(CC)C1(O)CCCC1. The monoisotopic (exact) mass is 200 g/mol. The molecule has 0 aromatic carbocycles. The topological polar surface area (TPSA) is 20.2 Å². The number of hydrogen-bond acceptors (Lipinski definition) is 1. The Balaban J connectivity index is 2.84. The zero-order valence-electron chi connectivity index (χ0n) is 9.40. The first kappa shape index (κ1) is 11.3. The minimum Gasteiger partial charge on any atom is -0.393 e. The maximum atomic E-state index is 10.7. The van der Waals surface area contributed by atoms with E-state index in [1.54, 1.807) is 0 Å². The highest BCUT2D eigenvalue weighted by molar-refractivity contribution is 6.82. The van der Waals surface area contributed by atoms with Crippen LogP contribution < -0.4 is 0 Å². The zero-order valence-corrected chi connectivity index (χ0v) is 10.4. The lowest BCUT2D eigenvalue weighted by Gasteiger charge is -2.42. The summed E-state index contributed by atoms with van der Waals surface area (Å²) >= 11 is 0. The molecule has 0 unspecified atom stereocenters. The van der Waals surface area contributed by atoms with E-state index in [4.69, 9.17) is 0 Å². The molecular weight excluding hydrogens is 176 g/mol. The normalized spacial score (nSPS) is 22.2. The van der Waals surface area contributed by atoms with Gasteiger partial charge in [0.25, 0.3) is 0 Å². The van der Waals surface area contributed by atoms with Crippen molar-refractivity contribution in [3.63, 3.8) is 0 Å². The smallest absolute Gasteiger partial charge is 0.0903 e. The number of rotatable bonds is 4. The van der Waals surface area contributed by atoms with Crippen LogP contribution >= 0.6 is 0 Å². The van der Waals surface area contributed by atoms with Gasteiger partial charge in [-0.15, -0.1) is 0 Å². The van der Waals surface area contributed by atoms with Crippen molar-refractivity contribution < 1.29 is 5.11 Å². The average Bonchev–Trinajstić information content (AvgIpc) is 2.57. The maximum absolute atomic E-state index is 10.7. The van der Waals surface area contributed by atoms with Crippen LogP contribution in [0.3, 0.4) is 0 Å². The Hall–Kier alpha value is 0.177. The minimum atomic E-state index is -1.35. The third-order valence-corrected chi connectivity index (χ3v) is 11.0. The Labute approximate surface area is 83.6 Å². The molecule has 0 aliphatic heterocycles. The Kier molecular flexibility index (Phi) is 3.58. The van der Waals surface area contributed by atoms with Gasteiger partial charge in [0, 0.05) is 0 Å². The number of hydrogen-bond donors (Lipinski definition) is 1. The Morgan fingerprint density at radius 1 is 1.00 bits per heavy atom. The average molecular weight is 200 g/mol. The summed E-state index contributed by atoms with van der Waals surface area (Å²) in [6, 6.07) is 3.78. The fraction of sp³-hybridized carbons (Fsp3) is 1.00. The van der Waals surface area contributed by atoms with Gasteiger partial charge in [-0.1, -0.05) is 51.7 Å². The van der Waals surface area contributed by atoms with Gasteiger partial charge in [0.15, 0.2) is 0 Å². The Morgan fingerprint density at radius 2 is 1.38 bits per heavy atom. The van der Waals surface area contributed by atoms with Gasteiger partial charge in [-0.2, -0.15) is 0 Å². The van der Waals surface area contributed by atoms with Crippen LogP contribution in [0.2, 0.25) is 18.1 Å². The van der Waals surface area contributed by atoms with Crippen molar-refractivity contribution in [2.45, 2.75) is 69.8 Å². The summed E-state index contributed by atoms with van der Waals surface area (Å²) < 4.78 is 0. The molecule has 0 aromatic heterocycles. The molecule has 0 heterocycles. The van der Waals surface area contributed by atoms with E-state index in [9.17, 15) is 5.11 Å². The molecule has 0 aromatic rings. The van der Waals surface area contributed by atoms with E-state index in [2.05, 4.69) is 20.8 Å². The lowest BCUT2D eigenvalue weighted by atomic mass is 10.3. The van der Waals surface area contributed by atoms with E-state index in [1.807, 2.05) is 0 Å². The quantitative estimate of drug-likeness (QED) is 0.690. The highest BCUT2D eigenvalue weighted by Crippen LogP contribution is 2.43. The predicted octanol–water partition coefficient (Wildman–Crippen LogP) is 3.34. The predicted molar refractivity (Wildman–Crippen MR) is 60.6 cm³/mol. The molecule has 0 amide bonds. The van der Waals surface area contributed by atoms with Crippen LogP contribution in [0.4, 0.5) is 0 Å². The summed E-state index contributed by atoms with van der Waals surface area (Å²) in [5.74, 6) is 0. The molecule has 0 saturated heterocycles. The van der Waals surface area contributed by atoms with E-state index < -0.39 is 8.07 Å². The first-order chi connectivity index (χ1) is 6.14. The molecule has 1 aliphatic carbocycles. The van der Waals surface area contributed by atoms with E-state index in [0.29, 0.717) is 0 Å². The molecule has 2 heteroatoms. The standard InChI is InChI=1S/C11H24OSi/c1-4-13(5-2,6-3)11(12)9-7-8-10-11/h12H,4-10H2,1-3H3. The second-order valence-corrected chi connectivity index (χ2v) is 10.2. The van der Waals surface area contributed by atoms with E-state index in [-0.39, 0.29) is 5.22 Å². The van der Waals surface area contributed by atoms with Crippen LogP contribution in [-0.2, 0) is 0 Å². The first-order valence-electron chi connectivity index (χ1n) is 5.86. The van der Waals surface area contributed by atoms with Gasteiger partial charge in [0.05, 0.1) is 13.3 Å². The van der Waals surface area contributed by atoms with Gasteiger partial charge in [-0.3, -0.25) is 0 Å². The summed E-state index contributed by atoms with van der Waals surface area (Å²) in [6.07, 6.45) is 4.69. The van der Waals surface area contributed by atoms with Crippen molar-refractivity contribution in [2.75, 3.05) is 0 Å². The van der Waals surface area contributed by atoms with Crippen molar-refractivity contribution in [2.24, 2.45) is 0 Å². The van der Waals surface area contributed by atoms with Crippen molar-refractivity contribution in [3.05, 3.63) is 0 Å². The van der Waals surface area contributed by atoms with Gasteiger partial charge in [0.1, 0.15) is 0 Å². The molecular formula is C11H24OSi. The molecule has 0 bridgehead atoms. The third-order valence-electron chi connectivity index (χ3n) is 4.45. The summed E-state index contributed by atoms with van der Waals surface area (Å²) in [6.45, 7) is 6.86. The van der Waals surface area contributed by atoms with Crippen molar-refractivity contribution in [1.82, 2.24) is 0 Å². The third kappa shape index (κ3) is 1.71. The van der Waals surface area contributed by atoms with Crippen LogP contribution in [-0.4, -0.2) is 18.4 Å². The van der Waals surface area contributed by atoms with Crippen LogP contribution in [0.1, 0.15) is 46.5 Å². The highest BCUT2D eigenvalue weighted by atomic mass is 28.3. The minimum absolute atomic E-state index is 0.203. The van der Waals surface area contributed by atoms with Crippen LogP contribution in [0, 0.1) is 0 Å². The van der Waals surface area contributed by atoms with Crippen molar-refractivity contribution in [3.8, 4) is 0 Å². The van der Waals surface area contributed by atoms with Gasteiger partial charge in [-0.25, -0.2) is 0 Å². The van der Waals surface area contributed by atoms with Gasteiger partial charge >= 0.3 is 0 Å². The summed E-state index contributed by atoms with van der Waals surface area (Å²) in [5.41, 5.74) is 0. The fourth-order valence-corrected chi connectivity index (χ4v) is 8.12. The molecule has 1 N–H and O–H groups in total. The van der Waals surface area contributed by atoms with E-state index in [0.717, 1.165) is 12.8 Å². The van der Waals surface area contributed by atoms with E-state index >= 15 is 0 Å². The van der Waals surface area contributed by atoms with Gasteiger partial charge in [0.2, 0.25) is 0 Å². The van der Waals surface area contributed by atoms with Crippen molar-refractivity contribution >= 4 is 8.07 Å². The maximum Gasteiger partial charge on any atom is 0.0903 e. The molecule has 1 saturated carbocycles. The van der Waals surface area contributed by atoms with E-state index in [1.165, 1.54) is 31.0 Å². The Morgan fingerprint density at radius 3 is 1.69 bits per heavy atom. The lowest BCUT2D eigenvalue weighted by molar-refractivity contribution is 0.120. The van der Waals surface area contributed by atoms with Gasteiger partial charge in [-0.05, 0) is 12.8 Å². The molecule has 1 aliphatic rings.